The zero-order valence-electron chi connectivity index (χ0n) is 17.7. The monoisotopic (exact) mass is 416 g/mol. The molecule has 0 unspecified atom stereocenters. The predicted molar refractivity (Wildman–Crippen MR) is 122 cm³/mol. The Hall–Kier alpha value is -2.98. The van der Waals surface area contributed by atoms with E-state index in [1.54, 1.807) is 12.1 Å². The fraction of sp³-hybridized carbons (Fsp3) is 0.296. The number of hydrogen-bond acceptors (Lipinski definition) is 2. The highest BCUT2D eigenvalue weighted by molar-refractivity contribution is 5.82. The molecule has 31 heavy (non-hydrogen) atoms. The minimum Gasteiger partial charge on any atom is -0.354 e. The van der Waals surface area contributed by atoms with E-state index in [0.29, 0.717) is 13.1 Å². The highest BCUT2D eigenvalue weighted by Crippen LogP contribution is 2.25. The summed E-state index contributed by atoms with van der Waals surface area (Å²) in [5.74, 6) is -0.0382. The van der Waals surface area contributed by atoms with Crippen LogP contribution in [-0.2, 0) is 11.3 Å². The van der Waals surface area contributed by atoms with Gasteiger partial charge in [0.25, 0.3) is 0 Å². The highest BCUT2D eigenvalue weighted by atomic mass is 19.1. The topological polar surface area (TPSA) is 32.3 Å². The summed E-state index contributed by atoms with van der Waals surface area (Å²) in [4.78, 5) is 15.4. The van der Waals surface area contributed by atoms with E-state index in [0.717, 1.165) is 31.4 Å². The maximum absolute atomic E-state index is 13.2. The van der Waals surface area contributed by atoms with Gasteiger partial charge in [0.15, 0.2) is 0 Å². The third-order valence-electron chi connectivity index (χ3n) is 6.10. The molecule has 3 aromatic carbocycles. The minimum atomic E-state index is -0.232. The van der Waals surface area contributed by atoms with Crippen molar-refractivity contribution in [3.05, 3.63) is 107 Å². The molecule has 0 saturated carbocycles. The molecule has 4 rings (SSSR count). The Balaban J connectivity index is 1.45. The first-order valence-corrected chi connectivity index (χ1v) is 11.1. The molecular formula is C27H29FN2O. The molecule has 0 aliphatic carbocycles. The van der Waals surface area contributed by atoms with Crippen molar-refractivity contribution in [2.24, 2.45) is 0 Å². The lowest BCUT2D eigenvalue weighted by Crippen LogP contribution is -2.49. The van der Waals surface area contributed by atoms with E-state index >= 15 is 0 Å². The second-order valence-electron chi connectivity index (χ2n) is 8.23. The zero-order chi connectivity index (χ0) is 21.5. The normalized spacial score (nSPS) is 16.9. The van der Waals surface area contributed by atoms with Crippen LogP contribution in [0.3, 0.4) is 0 Å². The second-order valence-corrected chi connectivity index (χ2v) is 8.23. The molecule has 0 radical (unpaired) electrons. The van der Waals surface area contributed by atoms with Gasteiger partial charge in [0.05, 0.1) is 6.04 Å². The van der Waals surface area contributed by atoms with Gasteiger partial charge in [-0.1, -0.05) is 79.2 Å². The number of carbonyl (C=O) groups excluding carboxylic acids is 1. The summed E-state index contributed by atoms with van der Waals surface area (Å²) < 4.78 is 13.2. The maximum Gasteiger partial charge on any atom is 0.237 e. The van der Waals surface area contributed by atoms with Crippen LogP contribution in [-0.4, -0.2) is 29.9 Å². The van der Waals surface area contributed by atoms with Crippen molar-refractivity contribution in [2.75, 3.05) is 13.1 Å². The number of piperidine rings is 1. The lowest BCUT2D eigenvalue weighted by Gasteiger charge is -2.35. The fourth-order valence-corrected chi connectivity index (χ4v) is 4.42. The van der Waals surface area contributed by atoms with Gasteiger partial charge in [-0.05, 0) is 48.2 Å². The molecule has 3 aromatic rings. The Morgan fingerprint density at radius 2 is 1.52 bits per heavy atom. The quantitative estimate of drug-likeness (QED) is 0.579. The van der Waals surface area contributed by atoms with Crippen molar-refractivity contribution in [1.29, 1.82) is 0 Å². The number of nitrogens with one attached hydrogen (secondary N) is 1. The molecule has 0 bridgehead atoms. The fourth-order valence-electron chi connectivity index (χ4n) is 4.42. The summed E-state index contributed by atoms with van der Waals surface area (Å²) >= 11 is 0. The number of likely N-dealkylation sites (tertiary alicyclic amines) is 1. The Labute approximate surface area is 183 Å². The van der Waals surface area contributed by atoms with Crippen LogP contribution in [0.2, 0.25) is 0 Å². The Kier molecular flexibility index (Phi) is 7.11. The molecule has 1 atom stereocenters. The standard InChI is InChI=1S/C27H29FN2O/c28-24-16-14-21(15-17-24)20-30-18-8-7-13-26(30)27(31)29-19-25(22-9-3-1-4-10-22)23-11-5-2-6-12-23/h1-6,9-12,14-17,25-26H,7-8,13,18-20H2,(H,29,31)/t26-/m1/s1. The van der Waals surface area contributed by atoms with E-state index in [2.05, 4.69) is 34.5 Å². The first-order valence-electron chi connectivity index (χ1n) is 11.1. The van der Waals surface area contributed by atoms with E-state index in [4.69, 9.17) is 0 Å². The lowest BCUT2D eigenvalue weighted by molar-refractivity contribution is -0.127. The number of nitrogens with zero attached hydrogens (tertiary/aromatic N) is 1. The van der Waals surface area contributed by atoms with Gasteiger partial charge >= 0.3 is 0 Å². The number of hydrogen-bond donors (Lipinski definition) is 1. The minimum absolute atomic E-state index is 0.0821. The van der Waals surface area contributed by atoms with Crippen LogP contribution in [0.15, 0.2) is 84.9 Å². The number of amides is 1. The van der Waals surface area contributed by atoms with E-state index in [1.807, 2.05) is 36.4 Å². The second kappa shape index (κ2) is 10.4. The van der Waals surface area contributed by atoms with Gasteiger partial charge in [-0.15, -0.1) is 0 Å². The molecule has 1 aliphatic rings. The molecule has 1 heterocycles. The molecule has 1 aliphatic heterocycles. The maximum atomic E-state index is 13.2. The van der Waals surface area contributed by atoms with Crippen molar-refractivity contribution in [3.63, 3.8) is 0 Å². The van der Waals surface area contributed by atoms with E-state index in [1.165, 1.54) is 23.3 Å². The van der Waals surface area contributed by atoms with Crippen LogP contribution in [0, 0.1) is 5.82 Å². The van der Waals surface area contributed by atoms with E-state index in [-0.39, 0.29) is 23.7 Å². The number of halogens is 1. The average Bonchev–Trinajstić information content (AvgIpc) is 2.82. The number of carbonyl (C=O) groups is 1. The Bertz CT molecular complexity index is 920. The van der Waals surface area contributed by atoms with Crippen LogP contribution >= 0.6 is 0 Å². The molecule has 0 spiro atoms. The van der Waals surface area contributed by atoms with Crippen molar-refractivity contribution >= 4 is 5.91 Å². The summed E-state index contributed by atoms with van der Waals surface area (Å²) in [5, 5.41) is 3.23. The third-order valence-corrected chi connectivity index (χ3v) is 6.10. The lowest BCUT2D eigenvalue weighted by atomic mass is 9.91. The van der Waals surface area contributed by atoms with Gasteiger partial charge in [-0.3, -0.25) is 9.69 Å². The molecule has 1 saturated heterocycles. The smallest absolute Gasteiger partial charge is 0.237 e. The molecule has 1 N–H and O–H groups in total. The largest absolute Gasteiger partial charge is 0.354 e. The van der Waals surface area contributed by atoms with Gasteiger partial charge < -0.3 is 5.32 Å². The molecule has 3 nitrogen and oxygen atoms in total. The highest BCUT2D eigenvalue weighted by Gasteiger charge is 2.29. The molecule has 1 amide bonds. The zero-order valence-corrected chi connectivity index (χ0v) is 17.7. The number of rotatable bonds is 7. The Morgan fingerprint density at radius 1 is 0.903 bits per heavy atom. The third kappa shape index (κ3) is 5.59. The van der Waals surface area contributed by atoms with Crippen LogP contribution in [0.1, 0.15) is 41.9 Å². The van der Waals surface area contributed by atoms with E-state index < -0.39 is 0 Å². The van der Waals surface area contributed by atoms with Gasteiger partial charge in [0.1, 0.15) is 5.82 Å². The van der Waals surface area contributed by atoms with Crippen molar-refractivity contribution in [3.8, 4) is 0 Å². The van der Waals surface area contributed by atoms with Crippen LogP contribution < -0.4 is 5.32 Å². The van der Waals surface area contributed by atoms with Gasteiger partial charge in [0, 0.05) is 19.0 Å². The Morgan fingerprint density at radius 3 is 2.13 bits per heavy atom. The van der Waals surface area contributed by atoms with Gasteiger partial charge in [0.2, 0.25) is 5.91 Å². The van der Waals surface area contributed by atoms with Crippen LogP contribution in [0.5, 0.6) is 0 Å². The molecule has 1 fully saturated rings. The summed E-state index contributed by atoms with van der Waals surface area (Å²) in [6.45, 7) is 2.11. The van der Waals surface area contributed by atoms with Crippen molar-refractivity contribution < 1.29 is 9.18 Å². The van der Waals surface area contributed by atoms with Crippen molar-refractivity contribution in [2.45, 2.75) is 37.8 Å². The summed E-state index contributed by atoms with van der Waals surface area (Å²) in [7, 11) is 0. The first-order chi connectivity index (χ1) is 15.2. The van der Waals surface area contributed by atoms with Gasteiger partial charge in [-0.2, -0.15) is 0 Å². The molecular weight excluding hydrogens is 387 g/mol. The summed E-state index contributed by atoms with van der Waals surface area (Å²) in [6, 6.07) is 27.1. The molecule has 4 heteroatoms. The molecule has 160 valence electrons. The summed E-state index contributed by atoms with van der Waals surface area (Å²) in [5.41, 5.74) is 3.43. The predicted octanol–water partition coefficient (Wildman–Crippen LogP) is 5.13. The van der Waals surface area contributed by atoms with Gasteiger partial charge in [-0.25, -0.2) is 4.39 Å². The van der Waals surface area contributed by atoms with E-state index in [9.17, 15) is 9.18 Å². The first kappa shape index (κ1) is 21.3. The van der Waals surface area contributed by atoms with Crippen LogP contribution in [0.4, 0.5) is 4.39 Å². The molecule has 0 aromatic heterocycles. The SMILES string of the molecule is O=C(NCC(c1ccccc1)c1ccccc1)[C@H]1CCCCN1Cc1ccc(F)cc1. The van der Waals surface area contributed by atoms with Crippen molar-refractivity contribution in [1.82, 2.24) is 10.2 Å². The number of benzene rings is 3. The summed E-state index contributed by atoms with van der Waals surface area (Å²) in [6.07, 6.45) is 2.99. The average molecular weight is 417 g/mol. The van der Waals surface area contributed by atoms with Crippen LogP contribution in [0.25, 0.3) is 0 Å².